The van der Waals surface area contributed by atoms with E-state index < -0.39 is 0 Å². The minimum absolute atomic E-state index is 0.0746. The van der Waals surface area contributed by atoms with Gasteiger partial charge in [0.1, 0.15) is 0 Å². The third-order valence-corrected chi connectivity index (χ3v) is 3.03. The highest BCUT2D eigenvalue weighted by molar-refractivity contribution is 5.90. The molecule has 1 aromatic heterocycles. The summed E-state index contributed by atoms with van der Waals surface area (Å²) < 4.78 is 0. The number of hydrogen-bond donors (Lipinski definition) is 2. The number of benzene rings is 1. The second kappa shape index (κ2) is 6.18. The van der Waals surface area contributed by atoms with Gasteiger partial charge in [0.15, 0.2) is 0 Å². The van der Waals surface area contributed by atoms with Gasteiger partial charge in [-0.1, -0.05) is 25.5 Å². The van der Waals surface area contributed by atoms with Gasteiger partial charge in [0.2, 0.25) is 5.91 Å². The molecule has 0 aliphatic carbocycles. The van der Waals surface area contributed by atoms with Gasteiger partial charge in [0.05, 0.1) is 12.0 Å². The third-order valence-electron chi connectivity index (χ3n) is 3.03. The number of nitrogens with zero attached hydrogens (tertiary/aromatic N) is 1. The molecule has 0 spiro atoms. The second-order valence-electron chi connectivity index (χ2n) is 4.61. The first-order valence-electron chi connectivity index (χ1n) is 6.61. The molecule has 0 saturated heterocycles. The first kappa shape index (κ1) is 13.3. The Kier molecular flexibility index (Phi) is 4.34. The molecule has 4 nitrogen and oxygen atoms in total. The number of anilines is 1. The van der Waals surface area contributed by atoms with E-state index in [0.717, 1.165) is 35.5 Å². The number of carbonyl (C=O) groups is 1. The van der Waals surface area contributed by atoms with E-state index in [0.29, 0.717) is 6.42 Å². The molecule has 2 aromatic rings. The van der Waals surface area contributed by atoms with Gasteiger partial charge in [-0.2, -0.15) is 0 Å². The van der Waals surface area contributed by atoms with Crippen molar-refractivity contribution in [2.24, 2.45) is 0 Å². The summed E-state index contributed by atoms with van der Waals surface area (Å²) in [7, 11) is 0. The van der Waals surface area contributed by atoms with Gasteiger partial charge in [-0.3, -0.25) is 4.79 Å². The number of aryl methyl sites for hydroxylation is 1. The summed E-state index contributed by atoms with van der Waals surface area (Å²) in [5.74, 6) is 0.0746. The first-order valence-corrected chi connectivity index (χ1v) is 6.61. The van der Waals surface area contributed by atoms with Crippen molar-refractivity contribution in [1.29, 1.82) is 0 Å². The van der Waals surface area contributed by atoms with Gasteiger partial charge in [-0.05, 0) is 25.5 Å². The Labute approximate surface area is 113 Å². The van der Waals surface area contributed by atoms with Crippen molar-refractivity contribution < 1.29 is 4.79 Å². The van der Waals surface area contributed by atoms with Crippen molar-refractivity contribution in [3.8, 4) is 11.3 Å². The van der Waals surface area contributed by atoms with E-state index >= 15 is 0 Å². The van der Waals surface area contributed by atoms with Crippen LogP contribution in [0, 0.1) is 6.92 Å². The van der Waals surface area contributed by atoms with Gasteiger partial charge in [-0.15, -0.1) is 0 Å². The van der Waals surface area contributed by atoms with Gasteiger partial charge < -0.3 is 10.3 Å². The highest BCUT2D eigenvalue weighted by Gasteiger charge is 2.05. The normalized spacial score (nSPS) is 10.4. The molecule has 0 unspecified atom stereocenters. The number of nitrogens with one attached hydrogen (secondary N) is 2. The Hall–Kier alpha value is -2.10. The Morgan fingerprint density at radius 3 is 2.63 bits per heavy atom. The predicted molar refractivity (Wildman–Crippen MR) is 76.9 cm³/mol. The first-order chi connectivity index (χ1) is 9.20. The molecule has 0 saturated carbocycles. The number of imidazole rings is 1. The molecule has 0 aliphatic rings. The molecule has 2 N–H and O–H groups in total. The van der Waals surface area contributed by atoms with Crippen LogP contribution in [0.15, 0.2) is 30.6 Å². The van der Waals surface area contributed by atoms with Crippen molar-refractivity contribution in [1.82, 2.24) is 9.97 Å². The zero-order valence-electron chi connectivity index (χ0n) is 11.4. The van der Waals surface area contributed by atoms with E-state index in [-0.39, 0.29) is 5.91 Å². The van der Waals surface area contributed by atoms with Crippen LogP contribution in [0.2, 0.25) is 0 Å². The summed E-state index contributed by atoms with van der Waals surface area (Å²) in [6, 6.07) is 7.76. The lowest BCUT2D eigenvalue weighted by Gasteiger charge is -2.06. The third kappa shape index (κ3) is 3.44. The summed E-state index contributed by atoms with van der Waals surface area (Å²) in [5, 5.41) is 2.90. The summed E-state index contributed by atoms with van der Waals surface area (Å²) in [4.78, 5) is 18.9. The topological polar surface area (TPSA) is 57.8 Å². The van der Waals surface area contributed by atoms with Gasteiger partial charge in [0, 0.05) is 23.4 Å². The van der Waals surface area contributed by atoms with E-state index in [2.05, 4.69) is 22.2 Å². The molecule has 2 rings (SSSR count). The Morgan fingerprint density at radius 1 is 1.32 bits per heavy atom. The highest BCUT2D eigenvalue weighted by Crippen LogP contribution is 2.21. The van der Waals surface area contributed by atoms with E-state index in [1.54, 1.807) is 6.33 Å². The zero-order chi connectivity index (χ0) is 13.7. The number of aromatic nitrogens is 2. The number of carbonyl (C=O) groups excluding carboxylic acids is 1. The average molecular weight is 257 g/mol. The maximum atomic E-state index is 11.6. The van der Waals surface area contributed by atoms with E-state index in [4.69, 9.17) is 0 Å². The fourth-order valence-electron chi connectivity index (χ4n) is 1.92. The van der Waals surface area contributed by atoms with Crippen LogP contribution in [-0.4, -0.2) is 15.9 Å². The minimum atomic E-state index is 0.0746. The van der Waals surface area contributed by atoms with Crippen LogP contribution < -0.4 is 5.32 Å². The fraction of sp³-hybridized carbons (Fsp3) is 0.333. The van der Waals surface area contributed by atoms with Crippen molar-refractivity contribution in [2.75, 3.05) is 5.32 Å². The summed E-state index contributed by atoms with van der Waals surface area (Å²) in [6.07, 6.45) is 4.23. The number of aromatic amines is 1. The molecule has 0 fully saturated rings. The van der Waals surface area contributed by atoms with Gasteiger partial charge >= 0.3 is 0 Å². The van der Waals surface area contributed by atoms with E-state index in [9.17, 15) is 4.79 Å². The lowest BCUT2D eigenvalue weighted by atomic mass is 10.1. The standard InChI is InChI=1S/C15H19N3O/c1-3-4-5-14(19)18-13-8-6-12(7-9-13)15-11(2)16-10-17-15/h6-10H,3-5H2,1-2H3,(H,16,17)(H,18,19). The molecule has 100 valence electrons. The molecule has 0 aliphatic heterocycles. The monoisotopic (exact) mass is 257 g/mol. The molecule has 1 heterocycles. The molecule has 4 heteroatoms. The van der Waals surface area contributed by atoms with Crippen LogP contribution in [-0.2, 0) is 4.79 Å². The molecule has 1 amide bonds. The van der Waals surface area contributed by atoms with Gasteiger partial charge in [-0.25, -0.2) is 4.98 Å². The fourth-order valence-corrected chi connectivity index (χ4v) is 1.92. The molecular formula is C15H19N3O. The second-order valence-corrected chi connectivity index (χ2v) is 4.61. The van der Waals surface area contributed by atoms with E-state index in [1.807, 2.05) is 31.2 Å². The maximum Gasteiger partial charge on any atom is 0.224 e. The molecule has 0 atom stereocenters. The zero-order valence-corrected chi connectivity index (χ0v) is 11.4. The molecular weight excluding hydrogens is 238 g/mol. The quantitative estimate of drug-likeness (QED) is 0.861. The van der Waals surface area contributed by atoms with Crippen LogP contribution in [0.4, 0.5) is 5.69 Å². The minimum Gasteiger partial charge on any atom is -0.348 e. The Morgan fingerprint density at radius 2 is 2.05 bits per heavy atom. The number of amides is 1. The predicted octanol–water partition coefficient (Wildman–Crippen LogP) is 3.51. The van der Waals surface area contributed by atoms with Crippen LogP contribution in [0.1, 0.15) is 31.9 Å². The smallest absolute Gasteiger partial charge is 0.224 e. The SMILES string of the molecule is CCCCC(=O)Nc1ccc(-c2nc[nH]c2C)cc1. The van der Waals surface area contributed by atoms with Crippen LogP contribution in [0.25, 0.3) is 11.3 Å². The van der Waals surface area contributed by atoms with Crippen molar-refractivity contribution in [2.45, 2.75) is 33.1 Å². The molecule has 1 aromatic carbocycles. The van der Waals surface area contributed by atoms with Crippen LogP contribution >= 0.6 is 0 Å². The number of unbranched alkanes of at least 4 members (excludes halogenated alkanes) is 1. The molecule has 19 heavy (non-hydrogen) atoms. The average Bonchev–Trinajstić information content (AvgIpc) is 2.83. The summed E-state index contributed by atoms with van der Waals surface area (Å²) in [6.45, 7) is 4.07. The van der Waals surface area contributed by atoms with Gasteiger partial charge in [0.25, 0.3) is 0 Å². The molecule has 0 radical (unpaired) electrons. The lowest BCUT2D eigenvalue weighted by Crippen LogP contribution is -2.10. The van der Waals surface area contributed by atoms with Crippen molar-refractivity contribution in [3.05, 3.63) is 36.3 Å². The Balaban J connectivity index is 2.03. The van der Waals surface area contributed by atoms with Crippen molar-refractivity contribution in [3.63, 3.8) is 0 Å². The van der Waals surface area contributed by atoms with Crippen LogP contribution in [0.3, 0.4) is 0 Å². The highest BCUT2D eigenvalue weighted by atomic mass is 16.1. The summed E-state index contributed by atoms with van der Waals surface area (Å²) in [5.41, 5.74) is 3.87. The number of H-pyrrole nitrogens is 1. The maximum absolute atomic E-state index is 11.6. The van der Waals surface area contributed by atoms with E-state index in [1.165, 1.54) is 0 Å². The van der Waals surface area contributed by atoms with Crippen molar-refractivity contribution >= 4 is 11.6 Å². The Bertz CT molecular complexity index is 543. The largest absolute Gasteiger partial charge is 0.348 e. The summed E-state index contributed by atoms with van der Waals surface area (Å²) >= 11 is 0. The van der Waals surface area contributed by atoms with Crippen LogP contribution in [0.5, 0.6) is 0 Å². The number of hydrogen-bond acceptors (Lipinski definition) is 2. The lowest BCUT2D eigenvalue weighted by molar-refractivity contribution is -0.116. The number of rotatable bonds is 5. The molecule has 0 bridgehead atoms.